The number of aldehydes is 1. The number of halogens is 1. The first-order valence-corrected chi connectivity index (χ1v) is 5.93. The Morgan fingerprint density at radius 2 is 1.88 bits per heavy atom. The van der Waals surface area contributed by atoms with Crippen molar-refractivity contribution in [1.29, 1.82) is 0 Å². The van der Waals surface area contributed by atoms with Gasteiger partial charge >= 0.3 is 0 Å². The van der Waals surface area contributed by atoms with E-state index in [-0.39, 0.29) is 0 Å². The zero-order valence-corrected chi connectivity index (χ0v) is 10.9. The van der Waals surface area contributed by atoms with Crippen LogP contribution in [0.25, 0.3) is 11.1 Å². The molecule has 3 heteroatoms. The summed E-state index contributed by atoms with van der Waals surface area (Å²) in [5.74, 6) is 0.596. The fraction of sp³-hybridized carbons (Fsp3) is 0.0714. The molecule has 2 aromatic rings. The molecule has 0 N–H and O–H groups in total. The number of carbonyl (C=O) groups excluding carboxylic acids is 1. The van der Waals surface area contributed by atoms with Crippen LogP contribution in [0.15, 0.2) is 46.9 Å². The van der Waals surface area contributed by atoms with Crippen LogP contribution in [-0.2, 0) is 0 Å². The van der Waals surface area contributed by atoms with Crippen LogP contribution in [0, 0.1) is 0 Å². The molecule has 0 bridgehead atoms. The highest BCUT2D eigenvalue weighted by Gasteiger charge is 2.05. The molecule has 2 aromatic carbocycles. The molecule has 0 amide bonds. The van der Waals surface area contributed by atoms with Crippen LogP contribution in [0.4, 0.5) is 0 Å². The van der Waals surface area contributed by atoms with Crippen molar-refractivity contribution in [3.8, 4) is 16.9 Å². The van der Waals surface area contributed by atoms with Gasteiger partial charge in [-0.05, 0) is 35.4 Å². The monoisotopic (exact) mass is 290 g/mol. The lowest BCUT2D eigenvalue weighted by molar-refractivity contribution is 0.112. The molecule has 0 heterocycles. The van der Waals surface area contributed by atoms with E-state index in [1.54, 1.807) is 13.2 Å². The van der Waals surface area contributed by atoms with Crippen LogP contribution in [0.2, 0.25) is 0 Å². The molecule has 2 rings (SSSR count). The minimum Gasteiger partial charge on any atom is -0.496 e. The molecule has 86 valence electrons. The normalized spacial score (nSPS) is 10.0. The van der Waals surface area contributed by atoms with E-state index in [2.05, 4.69) is 15.9 Å². The van der Waals surface area contributed by atoms with E-state index in [0.717, 1.165) is 21.9 Å². The Morgan fingerprint density at radius 3 is 2.53 bits per heavy atom. The van der Waals surface area contributed by atoms with E-state index >= 15 is 0 Å². The van der Waals surface area contributed by atoms with Crippen LogP contribution < -0.4 is 4.74 Å². The summed E-state index contributed by atoms with van der Waals surface area (Å²) in [6, 6.07) is 13.5. The van der Waals surface area contributed by atoms with Gasteiger partial charge in [0.25, 0.3) is 0 Å². The third-order valence-electron chi connectivity index (χ3n) is 2.51. The molecule has 2 nitrogen and oxygen atoms in total. The number of methoxy groups -OCH3 is 1. The predicted octanol–water partition coefficient (Wildman–Crippen LogP) is 3.94. The molecule has 17 heavy (non-hydrogen) atoms. The summed E-state index contributed by atoms with van der Waals surface area (Å²) in [4.78, 5) is 10.9. The van der Waals surface area contributed by atoms with Gasteiger partial charge in [-0.3, -0.25) is 4.79 Å². The summed E-state index contributed by atoms with van der Waals surface area (Å²) in [6.07, 6.45) is 0.806. The molecule has 0 aliphatic rings. The van der Waals surface area contributed by atoms with Gasteiger partial charge in [-0.15, -0.1) is 0 Å². The zero-order valence-electron chi connectivity index (χ0n) is 9.31. The summed E-state index contributed by atoms with van der Waals surface area (Å²) in [7, 11) is 1.56. The minimum absolute atomic E-state index is 0.560. The van der Waals surface area contributed by atoms with Crippen molar-refractivity contribution in [2.75, 3.05) is 7.11 Å². The van der Waals surface area contributed by atoms with Gasteiger partial charge in [0.15, 0.2) is 6.29 Å². The fourth-order valence-corrected chi connectivity index (χ4v) is 2.07. The van der Waals surface area contributed by atoms with E-state index in [0.29, 0.717) is 11.3 Å². The molecular formula is C14H11BrO2. The van der Waals surface area contributed by atoms with Gasteiger partial charge in [0.1, 0.15) is 5.75 Å². The molecule has 0 spiro atoms. The summed E-state index contributed by atoms with van der Waals surface area (Å²) < 4.78 is 6.12. The molecule has 0 aliphatic heterocycles. The topological polar surface area (TPSA) is 26.3 Å². The average molecular weight is 291 g/mol. The molecular weight excluding hydrogens is 280 g/mol. The van der Waals surface area contributed by atoms with Gasteiger partial charge in [0.2, 0.25) is 0 Å². The smallest absolute Gasteiger partial charge is 0.153 e. The van der Waals surface area contributed by atoms with E-state index in [1.165, 1.54) is 0 Å². The van der Waals surface area contributed by atoms with Crippen molar-refractivity contribution in [1.82, 2.24) is 0 Å². The summed E-state index contributed by atoms with van der Waals surface area (Å²) in [5, 5.41) is 0. The van der Waals surface area contributed by atoms with Gasteiger partial charge in [-0.2, -0.15) is 0 Å². The Balaban J connectivity index is 2.50. The van der Waals surface area contributed by atoms with Gasteiger partial charge < -0.3 is 4.74 Å². The number of hydrogen-bond acceptors (Lipinski definition) is 2. The summed E-state index contributed by atoms with van der Waals surface area (Å²) in [6.45, 7) is 0. The largest absolute Gasteiger partial charge is 0.496 e. The first-order valence-electron chi connectivity index (χ1n) is 5.14. The molecule has 0 radical (unpaired) electrons. The van der Waals surface area contributed by atoms with E-state index < -0.39 is 0 Å². The number of ether oxygens (including phenoxy) is 1. The third-order valence-corrected chi connectivity index (χ3v) is 3.01. The maximum Gasteiger partial charge on any atom is 0.153 e. The first kappa shape index (κ1) is 11.9. The van der Waals surface area contributed by atoms with E-state index in [4.69, 9.17) is 4.74 Å². The minimum atomic E-state index is 0.560. The van der Waals surface area contributed by atoms with Crippen LogP contribution in [0.1, 0.15) is 10.4 Å². The maximum atomic E-state index is 10.9. The SMILES string of the molecule is COc1ccc(-c2cccc(Br)c2)cc1C=O. The number of rotatable bonds is 3. The van der Waals surface area contributed by atoms with E-state index in [9.17, 15) is 4.79 Å². The maximum absolute atomic E-state index is 10.9. The molecule has 0 saturated heterocycles. The first-order chi connectivity index (χ1) is 8.24. The second-order valence-electron chi connectivity index (χ2n) is 3.58. The van der Waals surface area contributed by atoms with Gasteiger partial charge in [-0.25, -0.2) is 0 Å². The molecule has 0 unspecified atom stereocenters. The van der Waals surface area contributed by atoms with Crippen molar-refractivity contribution in [3.63, 3.8) is 0 Å². The molecule has 0 fully saturated rings. The van der Waals surface area contributed by atoms with Gasteiger partial charge in [0, 0.05) is 4.47 Å². The lowest BCUT2D eigenvalue weighted by atomic mass is 10.0. The Hall–Kier alpha value is -1.61. The van der Waals surface area contributed by atoms with E-state index in [1.807, 2.05) is 36.4 Å². The third kappa shape index (κ3) is 2.56. The molecule has 0 aromatic heterocycles. The Labute approximate surface area is 108 Å². The zero-order chi connectivity index (χ0) is 12.3. The average Bonchev–Trinajstić information content (AvgIpc) is 2.38. The van der Waals surface area contributed by atoms with Crippen molar-refractivity contribution in [2.45, 2.75) is 0 Å². The Morgan fingerprint density at radius 1 is 1.12 bits per heavy atom. The summed E-state index contributed by atoms with van der Waals surface area (Å²) in [5.41, 5.74) is 2.62. The molecule has 0 saturated carbocycles. The predicted molar refractivity (Wildman–Crippen MR) is 71.5 cm³/mol. The number of hydrogen-bond donors (Lipinski definition) is 0. The number of benzene rings is 2. The van der Waals surface area contributed by atoms with Crippen LogP contribution >= 0.6 is 15.9 Å². The van der Waals surface area contributed by atoms with Gasteiger partial charge in [-0.1, -0.05) is 34.1 Å². The Kier molecular flexibility index (Phi) is 3.59. The Bertz CT molecular complexity index is 550. The second-order valence-corrected chi connectivity index (χ2v) is 4.50. The molecule has 0 atom stereocenters. The summed E-state index contributed by atoms with van der Waals surface area (Å²) >= 11 is 3.43. The standard InChI is InChI=1S/C14H11BrO2/c1-17-14-6-5-11(7-12(14)9-16)10-3-2-4-13(15)8-10/h2-9H,1H3. The van der Waals surface area contributed by atoms with Crippen molar-refractivity contribution in [2.24, 2.45) is 0 Å². The van der Waals surface area contributed by atoms with Gasteiger partial charge in [0.05, 0.1) is 12.7 Å². The lowest BCUT2D eigenvalue weighted by Gasteiger charge is -2.07. The fourth-order valence-electron chi connectivity index (χ4n) is 1.67. The van der Waals surface area contributed by atoms with Crippen molar-refractivity contribution in [3.05, 3.63) is 52.5 Å². The number of carbonyl (C=O) groups is 1. The lowest BCUT2D eigenvalue weighted by Crippen LogP contribution is -1.91. The van der Waals surface area contributed by atoms with Crippen LogP contribution in [0.3, 0.4) is 0 Å². The highest BCUT2D eigenvalue weighted by Crippen LogP contribution is 2.27. The second kappa shape index (κ2) is 5.15. The molecule has 0 aliphatic carbocycles. The quantitative estimate of drug-likeness (QED) is 0.801. The van der Waals surface area contributed by atoms with Crippen molar-refractivity contribution < 1.29 is 9.53 Å². The highest BCUT2D eigenvalue weighted by atomic mass is 79.9. The van der Waals surface area contributed by atoms with Crippen LogP contribution in [-0.4, -0.2) is 13.4 Å². The van der Waals surface area contributed by atoms with Crippen molar-refractivity contribution >= 4 is 22.2 Å². The highest BCUT2D eigenvalue weighted by molar-refractivity contribution is 9.10. The van der Waals surface area contributed by atoms with Crippen LogP contribution in [0.5, 0.6) is 5.75 Å².